The van der Waals surface area contributed by atoms with Gasteiger partial charge in [-0.15, -0.1) is 0 Å². The highest BCUT2D eigenvalue weighted by Gasteiger charge is 2.42. The number of hydrogen-bond acceptors (Lipinski definition) is 0. The molecule has 0 nitrogen and oxygen atoms in total. The van der Waals surface area contributed by atoms with Gasteiger partial charge in [-0.05, 0) is 59.7 Å². The lowest BCUT2D eigenvalue weighted by molar-refractivity contribution is 0.00601. The molecule has 4 atom stereocenters. The number of rotatable bonds is 3. The molecule has 0 heteroatoms. The van der Waals surface area contributed by atoms with Crippen LogP contribution in [0.4, 0.5) is 0 Å². The van der Waals surface area contributed by atoms with Crippen LogP contribution >= 0.6 is 0 Å². The fraction of sp³-hybridized carbons (Fsp3) is 1.00. The van der Waals surface area contributed by atoms with E-state index in [-0.39, 0.29) is 0 Å². The molecule has 1 unspecified atom stereocenters. The highest BCUT2D eigenvalue weighted by atomic mass is 14.5. The van der Waals surface area contributed by atoms with Gasteiger partial charge < -0.3 is 0 Å². The van der Waals surface area contributed by atoms with Gasteiger partial charge in [0.05, 0.1) is 0 Å². The van der Waals surface area contributed by atoms with Gasteiger partial charge in [0.1, 0.15) is 0 Å². The Labute approximate surface area is 122 Å². The molecule has 0 heterocycles. The molecule has 0 radical (unpaired) electrons. The minimum absolute atomic E-state index is 0.476. The van der Waals surface area contributed by atoms with Crippen molar-refractivity contribution in [2.24, 2.45) is 46.8 Å². The summed E-state index contributed by atoms with van der Waals surface area (Å²) in [5.41, 5.74) is 0.476. The first kappa shape index (κ1) is 17.1. The maximum absolute atomic E-state index is 2.52. The molecular weight excluding hydrogens is 228 g/mol. The molecule has 1 saturated carbocycles. The van der Waals surface area contributed by atoms with Crippen LogP contribution < -0.4 is 0 Å². The Kier molecular flexibility index (Phi) is 5.55. The van der Waals surface area contributed by atoms with Crippen molar-refractivity contribution in [3.8, 4) is 0 Å². The van der Waals surface area contributed by atoms with Gasteiger partial charge in [-0.3, -0.25) is 0 Å². The van der Waals surface area contributed by atoms with Gasteiger partial charge in [0, 0.05) is 0 Å². The largest absolute Gasteiger partial charge is 0.0625 e. The smallest absolute Gasteiger partial charge is 0.0337 e. The zero-order chi connectivity index (χ0) is 15.0. The van der Waals surface area contributed by atoms with E-state index in [9.17, 15) is 0 Å². The van der Waals surface area contributed by atoms with Crippen molar-refractivity contribution in [3.63, 3.8) is 0 Å². The fourth-order valence-corrected chi connectivity index (χ4v) is 5.14. The summed E-state index contributed by atoms with van der Waals surface area (Å²) in [5, 5.41) is 0. The van der Waals surface area contributed by atoms with E-state index in [0.717, 1.165) is 41.4 Å². The van der Waals surface area contributed by atoms with E-state index in [1.54, 1.807) is 0 Å². The Morgan fingerprint density at radius 1 is 0.789 bits per heavy atom. The minimum atomic E-state index is 0.476. The highest BCUT2D eigenvalue weighted by Crippen LogP contribution is 2.50. The van der Waals surface area contributed by atoms with Crippen molar-refractivity contribution in [1.29, 1.82) is 0 Å². The predicted octanol–water partition coefficient (Wildman–Crippen LogP) is 6.26. The lowest BCUT2D eigenvalue weighted by atomic mass is 9.57. The zero-order valence-corrected chi connectivity index (χ0v) is 15.0. The quantitative estimate of drug-likeness (QED) is 0.565. The normalized spacial score (nSPS) is 33.5. The third-order valence-corrected chi connectivity index (χ3v) is 5.83. The van der Waals surface area contributed by atoms with Gasteiger partial charge in [-0.1, -0.05) is 62.3 Å². The third kappa shape index (κ3) is 3.99. The highest BCUT2D eigenvalue weighted by molar-refractivity contribution is 4.91. The number of hydrogen-bond donors (Lipinski definition) is 0. The minimum Gasteiger partial charge on any atom is -0.0625 e. The van der Waals surface area contributed by atoms with Crippen molar-refractivity contribution < 1.29 is 0 Å². The summed E-state index contributed by atoms with van der Waals surface area (Å²) in [5.74, 6) is 6.18. The monoisotopic (exact) mass is 266 g/mol. The molecule has 1 aliphatic rings. The SMILES string of the molecule is CC(C)C(C(C)C)[C@@H]1CC(C)[C@@H](C(C)(C)C)C[C@H]1C. The van der Waals surface area contributed by atoms with Crippen LogP contribution in [0.5, 0.6) is 0 Å². The molecule has 0 spiro atoms. The van der Waals surface area contributed by atoms with Gasteiger partial charge in [-0.25, -0.2) is 0 Å². The second kappa shape index (κ2) is 6.19. The molecule has 0 N–H and O–H groups in total. The van der Waals surface area contributed by atoms with E-state index in [2.05, 4.69) is 62.3 Å². The van der Waals surface area contributed by atoms with E-state index in [1.165, 1.54) is 12.8 Å². The summed E-state index contributed by atoms with van der Waals surface area (Å²) in [7, 11) is 0. The van der Waals surface area contributed by atoms with E-state index in [4.69, 9.17) is 0 Å². The summed E-state index contributed by atoms with van der Waals surface area (Å²) in [4.78, 5) is 0. The second-order valence-electron chi connectivity index (χ2n) is 9.13. The van der Waals surface area contributed by atoms with Crippen LogP contribution in [0.15, 0.2) is 0 Å². The van der Waals surface area contributed by atoms with E-state index < -0.39 is 0 Å². The fourth-order valence-electron chi connectivity index (χ4n) is 5.14. The van der Waals surface area contributed by atoms with Crippen molar-refractivity contribution in [2.45, 2.75) is 75.2 Å². The van der Waals surface area contributed by atoms with E-state index >= 15 is 0 Å². The lowest BCUT2D eigenvalue weighted by Gasteiger charge is -2.49. The summed E-state index contributed by atoms with van der Waals surface area (Å²) >= 11 is 0. The molecule has 1 aliphatic carbocycles. The summed E-state index contributed by atoms with van der Waals surface area (Å²) in [6.07, 6.45) is 2.88. The van der Waals surface area contributed by atoms with Gasteiger partial charge in [-0.2, -0.15) is 0 Å². The third-order valence-electron chi connectivity index (χ3n) is 5.83. The van der Waals surface area contributed by atoms with Crippen molar-refractivity contribution in [3.05, 3.63) is 0 Å². The van der Waals surface area contributed by atoms with Crippen LogP contribution in [-0.4, -0.2) is 0 Å². The van der Waals surface area contributed by atoms with Gasteiger partial charge in [0.2, 0.25) is 0 Å². The molecule has 1 fully saturated rings. The van der Waals surface area contributed by atoms with E-state index in [0.29, 0.717) is 5.41 Å². The van der Waals surface area contributed by atoms with Crippen molar-refractivity contribution in [1.82, 2.24) is 0 Å². The zero-order valence-electron chi connectivity index (χ0n) is 15.0. The first-order valence-corrected chi connectivity index (χ1v) is 8.55. The topological polar surface area (TPSA) is 0 Å². The Balaban J connectivity index is 2.86. The van der Waals surface area contributed by atoms with E-state index in [1.807, 2.05) is 0 Å². The van der Waals surface area contributed by atoms with Crippen LogP contribution in [-0.2, 0) is 0 Å². The van der Waals surface area contributed by atoms with Crippen LogP contribution in [0.3, 0.4) is 0 Å². The molecule has 0 aliphatic heterocycles. The van der Waals surface area contributed by atoms with Crippen molar-refractivity contribution in [2.75, 3.05) is 0 Å². The molecule has 19 heavy (non-hydrogen) atoms. The van der Waals surface area contributed by atoms with Crippen LogP contribution in [0.25, 0.3) is 0 Å². The molecular formula is C19H38. The summed E-state index contributed by atoms with van der Waals surface area (Å²) in [6, 6.07) is 0. The Bertz CT molecular complexity index is 260. The maximum Gasteiger partial charge on any atom is -0.0337 e. The van der Waals surface area contributed by atoms with Gasteiger partial charge in [0.25, 0.3) is 0 Å². The first-order chi connectivity index (χ1) is 8.55. The Hall–Kier alpha value is 0. The molecule has 0 saturated heterocycles. The predicted molar refractivity (Wildman–Crippen MR) is 87.2 cm³/mol. The van der Waals surface area contributed by atoms with Crippen LogP contribution in [0.2, 0.25) is 0 Å². The molecule has 0 aromatic rings. The van der Waals surface area contributed by atoms with Crippen LogP contribution in [0.1, 0.15) is 75.2 Å². The summed E-state index contributed by atoms with van der Waals surface area (Å²) < 4.78 is 0. The molecule has 0 amide bonds. The Morgan fingerprint density at radius 2 is 1.26 bits per heavy atom. The average molecular weight is 267 g/mol. The molecule has 114 valence electrons. The first-order valence-electron chi connectivity index (χ1n) is 8.55. The summed E-state index contributed by atoms with van der Waals surface area (Å²) in [6.45, 7) is 22.0. The molecule has 0 aromatic heterocycles. The Morgan fingerprint density at radius 3 is 1.63 bits per heavy atom. The van der Waals surface area contributed by atoms with Crippen molar-refractivity contribution >= 4 is 0 Å². The lowest BCUT2D eigenvalue weighted by Crippen LogP contribution is -2.41. The van der Waals surface area contributed by atoms with Gasteiger partial charge >= 0.3 is 0 Å². The molecule has 1 rings (SSSR count). The van der Waals surface area contributed by atoms with Crippen LogP contribution in [0, 0.1) is 46.8 Å². The van der Waals surface area contributed by atoms with Gasteiger partial charge in [0.15, 0.2) is 0 Å². The molecule has 0 bridgehead atoms. The average Bonchev–Trinajstić information content (AvgIpc) is 2.20. The molecule has 0 aromatic carbocycles. The second-order valence-corrected chi connectivity index (χ2v) is 9.13. The standard InChI is InChI=1S/C19H38/c1-12(2)18(13(3)4)16-10-15(6)17(11-14(16)5)19(7,8)9/h12-18H,10-11H2,1-9H3/t14-,15?,16-,17+/m1/s1. The maximum atomic E-state index is 2.52.